The zero-order chi connectivity index (χ0) is 21.0. The Morgan fingerprint density at radius 3 is 2.59 bits per heavy atom. The molecule has 6 nitrogen and oxygen atoms in total. The molecule has 0 saturated carbocycles. The molecule has 7 heteroatoms. The lowest BCUT2D eigenvalue weighted by atomic mass is 9.93. The van der Waals surface area contributed by atoms with E-state index in [-0.39, 0.29) is 6.54 Å². The van der Waals surface area contributed by atoms with Crippen LogP contribution in [0.2, 0.25) is 0 Å². The van der Waals surface area contributed by atoms with Crippen molar-refractivity contribution >= 4 is 27.9 Å². The molecule has 0 radical (unpaired) electrons. The molecular formula is C22H23NO5S. The van der Waals surface area contributed by atoms with Crippen molar-refractivity contribution in [3.8, 4) is 11.1 Å². The molecule has 0 spiro atoms. The summed E-state index contributed by atoms with van der Waals surface area (Å²) < 4.78 is 30.3. The third-order valence-electron chi connectivity index (χ3n) is 5.02. The van der Waals surface area contributed by atoms with E-state index in [2.05, 4.69) is 10.8 Å². The lowest BCUT2D eigenvalue weighted by Gasteiger charge is -2.25. The van der Waals surface area contributed by atoms with E-state index in [0.29, 0.717) is 18.5 Å². The Kier molecular flexibility index (Phi) is 6.30. The summed E-state index contributed by atoms with van der Waals surface area (Å²) in [5.41, 5.74) is 5.86. The van der Waals surface area contributed by atoms with Crippen LogP contribution in [0.15, 0.2) is 48.5 Å². The molecule has 0 amide bonds. The number of aldehydes is 1. The van der Waals surface area contributed by atoms with Gasteiger partial charge in [-0.3, -0.25) is 9.59 Å². The van der Waals surface area contributed by atoms with Gasteiger partial charge in [-0.05, 0) is 47.2 Å². The van der Waals surface area contributed by atoms with Crippen molar-refractivity contribution in [1.29, 1.82) is 0 Å². The highest BCUT2D eigenvalue weighted by Crippen LogP contribution is 2.30. The zero-order valence-corrected chi connectivity index (χ0v) is 17.2. The Bertz CT molecular complexity index is 1070. The summed E-state index contributed by atoms with van der Waals surface area (Å²) in [4.78, 5) is 22.3. The highest BCUT2D eigenvalue weighted by Gasteiger charge is 2.27. The van der Waals surface area contributed by atoms with Gasteiger partial charge in [0.15, 0.2) is 5.75 Å². The second-order valence-corrected chi connectivity index (χ2v) is 8.91. The van der Waals surface area contributed by atoms with Crippen LogP contribution in [-0.2, 0) is 19.6 Å². The molecule has 2 aromatic carbocycles. The summed E-state index contributed by atoms with van der Waals surface area (Å²) in [5, 5.41) is 0. The van der Waals surface area contributed by atoms with E-state index in [4.69, 9.17) is 0 Å². The maximum Gasteiger partial charge on any atom is 0.322 e. The topological polar surface area (TPSA) is 80.8 Å². The van der Waals surface area contributed by atoms with Crippen LogP contribution >= 0.6 is 0 Å². The van der Waals surface area contributed by atoms with Crippen LogP contribution in [0.3, 0.4) is 0 Å². The normalized spacial score (nSPS) is 14.9. The smallest absolute Gasteiger partial charge is 0.322 e. The van der Waals surface area contributed by atoms with Gasteiger partial charge in [0.25, 0.3) is 0 Å². The van der Waals surface area contributed by atoms with Gasteiger partial charge in [0.2, 0.25) is 10.0 Å². The number of rotatable bonds is 6. The van der Waals surface area contributed by atoms with Crippen molar-refractivity contribution in [2.24, 2.45) is 0 Å². The van der Waals surface area contributed by atoms with Crippen LogP contribution in [0.1, 0.15) is 27.9 Å². The Hall–Kier alpha value is -2.77. The molecule has 0 bridgehead atoms. The number of hydrogen-bond donors (Lipinski definition) is 0. The largest absolute Gasteiger partial charge is 0.468 e. The van der Waals surface area contributed by atoms with Crippen LogP contribution in [0, 0.1) is 6.92 Å². The van der Waals surface area contributed by atoms with Crippen LogP contribution in [0.25, 0.3) is 16.7 Å². The Morgan fingerprint density at radius 1 is 1.17 bits per heavy atom. The predicted molar refractivity (Wildman–Crippen MR) is 112 cm³/mol. The van der Waals surface area contributed by atoms with Crippen molar-refractivity contribution in [3.63, 3.8) is 0 Å². The number of carbonyl (C=O) groups is 2. The predicted octanol–water partition coefficient (Wildman–Crippen LogP) is 3.07. The number of nitrogens with zero attached hydrogens (tertiary/aromatic N) is 1. The van der Waals surface area contributed by atoms with E-state index in [1.807, 2.05) is 43.3 Å². The maximum absolute atomic E-state index is 12.3. The number of carbonyl (C=O) groups excluding carboxylic acids is 2. The molecule has 1 heterocycles. The monoisotopic (exact) mass is 413 g/mol. The van der Waals surface area contributed by atoms with E-state index >= 15 is 0 Å². The molecule has 3 rings (SSSR count). The first-order valence-corrected chi connectivity index (χ1v) is 10.9. The summed E-state index contributed by atoms with van der Waals surface area (Å²) in [7, 11) is -2.50. The molecule has 0 aliphatic carbocycles. The fourth-order valence-corrected chi connectivity index (χ4v) is 4.70. The summed E-state index contributed by atoms with van der Waals surface area (Å²) in [5.74, 6) is -1.40. The van der Waals surface area contributed by atoms with Crippen molar-refractivity contribution in [2.45, 2.75) is 13.3 Å². The minimum Gasteiger partial charge on any atom is -0.468 e. The van der Waals surface area contributed by atoms with E-state index < -0.39 is 21.7 Å². The van der Waals surface area contributed by atoms with Gasteiger partial charge in [-0.25, -0.2) is 8.42 Å². The van der Waals surface area contributed by atoms with Gasteiger partial charge in [-0.2, -0.15) is 4.31 Å². The number of esters is 1. The average Bonchev–Trinajstić information content (AvgIpc) is 2.73. The molecular weight excluding hydrogens is 390 g/mol. The number of methoxy groups -OCH3 is 1. The molecule has 0 unspecified atom stereocenters. The van der Waals surface area contributed by atoms with Gasteiger partial charge < -0.3 is 4.74 Å². The first-order chi connectivity index (χ1) is 13.8. The lowest BCUT2D eigenvalue weighted by molar-refractivity contribution is -0.137. The SMILES string of the molecule is COC(=O)CS(=O)(=O)N1CC=C(c2ccc(-c3cccc(C=O)c3)c(C)c2)CC1. The van der Waals surface area contributed by atoms with Gasteiger partial charge in [0, 0.05) is 18.7 Å². The second kappa shape index (κ2) is 8.71. The summed E-state index contributed by atoms with van der Waals surface area (Å²) in [6.45, 7) is 2.58. The molecule has 0 N–H and O–H groups in total. The van der Waals surface area contributed by atoms with E-state index in [1.165, 1.54) is 11.4 Å². The van der Waals surface area contributed by atoms with Gasteiger partial charge in [0.05, 0.1) is 7.11 Å². The first kappa shape index (κ1) is 21.0. The van der Waals surface area contributed by atoms with Crippen molar-refractivity contribution in [2.75, 3.05) is 26.0 Å². The molecule has 0 atom stereocenters. The van der Waals surface area contributed by atoms with Gasteiger partial charge in [0.1, 0.15) is 6.29 Å². The van der Waals surface area contributed by atoms with Crippen LogP contribution in [0.4, 0.5) is 0 Å². The maximum atomic E-state index is 12.3. The van der Waals surface area contributed by atoms with E-state index in [1.54, 1.807) is 6.07 Å². The molecule has 29 heavy (non-hydrogen) atoms. The van der Waals surface area contributed by atoms with Gasteiger partial charge in [-0.15, -0.1) is 0 Å². The molecule has 0 aromatic heterocycles. The Morgan fingerprint density at radius 2 is 1.97 bits per heavy atom. The minimum atomic E-state index is -3.67. The lowest BCUT2D eigenvalue weighted by Crippen LogP contribution is -2.38. The standard InChI is InChI=1S/C22H23NO5S/c1-16-12-19(6-7-21(16)20-5-3-4-17(13-20)14-24)18-8-10-23(11-9-18)29(26,27)15-22(25)28-2/h3-8,12-14H,9-11,15H2,1-2H3. The molecule has 0 saturated heterocycles. The first-order valence-electron chi connectivity index (χ1n) is 9.24. The third kappa shape index (κ3) is 4.81. The summed E-state index contributed by atoms with van der Waals surface area (Å²) in [6.07, 6.45) is 3.29. The number of benzene rings is 2. The highest BCUT2D eigenvalue weighted by atomic mass is 32.2. The quantitative estimate of drug-likeness (QED) is 0.537. The average molecular weight is 413 g/mol. The Labute approximate surface area is 170 Å². The molecule has 1 aliphatic heterocycles. The van der Waals surface area contributed by atoms with Crippen LogP contribution in [0.5, 0.6) is 0 Å². The van der Waals surface area contributed by atoms with Crippen LogP contribution in [-0.4, -0.2) is 50.9 Å². The van der Waals surface area contributed by atoms with E-state index in [0.717, 1.165) is 34.1 Å². The molecule has 1 aliphatic rings. The van der Waals surface area contributed by atoms with Crippen molar-refractivity contribution in [3.05, 3.63) is 65.2 Å². The highest BCUT2D eigenvalue weighted by molar-refractivity contribution is 7.89. The number of hydrogen-bond acceptors (Lipinski definition) is 5. The number of aryl methyl sites for hydroxylation is 1. The fraction of sp³-hybridized carbons (Fsp3) is 0.273. The van der Waals surface area contributed by atoms with Crippen molar-refractivity contribution < 1.29 is 22.7 Å². The fourth-order valence-electron chi connectivity index (χ4n) is 3.43. The third-order valence-corrected chi connectivity index (χ3v) is 6.74. The summed E-state index contributed by atoms with van der Waals surface area (Å²) >= 11 is 0. The second-order valence-electron chi connectivity index (χ2n) is 6.94. The van der Waals surface area contributed by atoms with Crippen LogP contribution < -0.4 is 0 Å². The number of sulfonamides is 1. The number of ether oxygens (including phenoxy) is 1. The molecule has 0 fully saturated rings. The van der Waals surface area contributed by atoms with Crippen molar-refractivity contribution in [1.82, 2.24) is 4.31 Å². The molecule has 152 valence electrons. The Balaban J connectivity index is 1.78. The van der Waals surface area contributed by atoms with Gasteiger partial charge >= 0.3 is 5.97 Å². The van der Waals surface area contributed by atoms with E-state index in [9.17, 15) is 18.0 Å². The zero-order valence-electron chi connectivity index (χ0n) is 16.4. The van der Waals surface area contributed by atoms with Gasteiger partial charge in [-0.1, -0.05) is 42.5 Å². The summed E-state index contributed by atoms with van der Waals surface area (Å²) in [6, 6.07) is 13.6. The minimum absolute atomic E-state index is 0.233. The molecule has 2 aromatic rings.